The molecular formula is C12H10BrClN2O2S. The van der Waals surface area contributed by atoms with E-state index in [1.54, 1.807) is 24.3 Å². The molecule has 100 valence electrons. The number of alkyl halides is 1. The van der Waals surface area contributed by atoms with Crippen LogP contribution < -0.4 is 4.72 Å². The van der Waals surface area contributed by atoms with Gasteiger partial charge in [-0.05, 0) is 45.8 Å². The fourth-order valence-electron chi connectivity index (χ4n) is 1.39. The summed E-state index contributed by atoms with van der Waals surface area (Å²) in [6, 6.07) is 9.67. The topological polar surface area (TPSA) is 59.1 Å². The Kier molecular flexibility index (Phi) is 4.44. The molecule has 0 spiro atoms. The summed E-state index contributed by atoms with van der Waals surface area (Å²) in [4.78, 5) is 4.14. The Morgan fingerprint density at radius 3 is 2.37 bits per heavy atom. The molecule has 0 atom stereocenters. The number of nitrogens with one attached hydrogen (secondary N) is 1. The third kappa shape index (κ3) is 3.68. The molecule has 0 amide bonds. The predicted octanol–water partition coefficient (Wildman–Crippen LogP) is 3.38. The first kappa shape index (κ1) is 14.3. The Morgan fingerprint density at radius 2 is 1.84 bits per heavy atom. The van der Waals surface area contributed by atoms with Crippen LogP contribution >= 0.6 is 27.5 Å². The molecule has 0 aliphatic carbocycles. The van der Waals surface area contributed by atoms with Crippen molar-refractivity contribution in [2.45, 2.75) is 10.8 Å². The van der Waals surface area contributed by atoms with E-state index in [4.69, 9.17) is 11.6 Å². The van der Waals surface area contributed by atoms with Crippen molar-refractivity contribution in [3.63, 3.8) is 0 Å². The van der Waals surface area contributed by atoms with Gasteiger partial charge in [-0.15, -0.1) is 11.6 Å². The van der Waals surface area contributed by atoms with Crippen molar-refractivity contribution in [1.82, 2.24) is 4.98 Å². The summed E-state index contributed by atoms with van der Waals surface area (Å²) in [7, 11) is -3.62. The molecule has 1 N–H and O–H groups in total. The summed E-state index contributed by atoms with van der Waals surface area (Å²) in [6.45, 7) is 0. The van der Waals surface area contributed by atoms with Gasteiger partial charge >= 0.3 is 0 Å². The lowest BCUT2D eigenvalue weighted by Gasteiger charge is -2.07. The first-order chi connectivity index (χ1) is 9.01. The van der Waals surface area contributed by atoms with Crippen LogP contribution in [0, 0.1) is 0 Å². The lowest BCUT2D eigenvalue weighted by Crippen LogP contribution is -2.13. The second-order valence-electron chi connectivity index (χ2n) is 3.74. The van der Waals surface area contributed by atoms with Crippen LogP contribution in [-0.4, -0.2) is 13.4 Å². The molecule has 0 bridgehead atoms. The monoisotopic (exact) mass is 360 g/mol. The molecule has 0 aliphatic heterocycles. The molecule has 7 heteroatoms. The van der Waals surface area contributed by atoms with Crippen LogP contribution in [-0.2, 0) is 15.9 Å². The minimum atomic E-state index is -3.62. The molecule has 1 heterocycles. The quantitative estimate of drug-likeness (QED) is 0.849. The van der Waals surface area contributed by atoms with Gasteiger partial charge < -0.3 is 0 Å². The van der Waals surface area contributed by atoms with E-state index in [0.29, 0.717) is 5.88 Å². The van der Waals surface area contributed by atoms with E-state index in [-0.39, 0.29) is 10.7 Å². The molecule has 2 aromatic rings. The maximum absolute atomic E-state index is 12.1. The average molecular weight is 362 g/mol. The largest absolute Gasteiger partial charge is 0.263 e. The first-order valence-electron chi connectivity index (χ1n) is 5.30. The number of hydrogen-bond donors (Lipinski definition) is 1. The highest BCUT2D eigenvalue weighted by molar-refractivity contribution is 9.10. The van der Waals surface area contributed by atoms with Gasteiger partial charge in [0.15, 0.2) is 0 Å². The molecule has 1 aromatic carbocycles. The van der Waals surface area contributed by atoms with Crippen LogP contribution in [0.5, 0.6) is 0 Å². The van der Waals surface area contributed by atoms with Crippen molar-refractivity contribution < 1.29 is 8.42 Å². The van der Waals surface area contributed by atoms with Crippen molar-refractivity contribution in [1.29, 1.82) is 0 Å². The standard InChI is InChI=1S/C12H10BrClN2O2S/c13-10-3-6-12(15-8-10)16-19(17,18)11-4-1-9(7-14)2-5-11/h1-6,8H,7H2,(H,15,16). The maximum atomic E-state index is 12.1. The van der Waals surface area contributed by atoms with Gasteiger partial charge in [0, 0.05) is 16.5 Å². The van der Waals surface area contributed by atoms with E-state index in [0.717, 1.165) is 10.0 Å². The molecule has 0 aliphatic rings. The van der Waals surface area contributed by atoms with Crippen LogP contribution in [0.3, 0.4) is 0 Å². The summed E-state index contributed by atoms with van der Waals surface area (Å²) in [5, 5.41) is 0. The molecular weight excluding hydrogens is 352 g/mol. The normalized spacial score (nSPS) is 11.3. The van der Waals surface area contributed by atoms with Crippen molar-refractivity contribution >= 4 is 43.4 Å². The molecule has 2 rings (SSSR count). The zero-order chi connectivity index (χ0) is 13.9. The van der Waals surface area contributed by atoms with Crippen LogP contribution in [0.15, 0.2) is 52.0 Å². The molecule has 0 saturated heterocycles. The molecule has 4 nitrogen and oxygen atoms in total. The third-order valence-corrected chi connectivity index (χ3v) is 4.50. The van der Waals surface area contributed by atoms with Crippen LogP contribution in [0.4, 0.5) is 5.82 Å². The molecule has 1 aromatic heterocycles. The molecule has 19 heavy (non-hydrogen) atoms. The molecule has 0 radical (unpaired) electrons. The van der Waals surface area contributed by atoms with Gasteiger partial charge in [0.2, 0.25) is 0 Å². The van der Waals surface area contributed by atoms with Crippen LogP contribution in [0.1, 0.15) is 5.56 Å². The van der Waals surface area contributed by atoms with E-state index in [9.17, 15) is 8.42 Å². The smallest absolute Gasteiger partial charge is 0.263 e. The predicted molar refractivity (Wildman–Crippen MR) is 78.7 cm³/mol. The minimum Gasteiger partial charge on any atom is -0.263 e. The highest BCUT2D eigenvalue weighted by Gasteiger charge is 2.14. The zero-order valence-electron chi connectivity index (χ0n) is 9.68. The molecule has 0 fully saturated rings. The fourth-order valence-corrected chi connectivity index (χ4v) is 2.81. The van der Waals surface area contributed by atoms with Crippen LogP contribution in [0.25, 0.3) is 0 Å². The van der Waals surface area contributed by atoms with Crippen molar-refractivity contribution in [3.05, 3.63) is 52.6 Å². The Labute approximate surface area is 125 Å². The van der Waals surface area contributed by atoms with Gasteiger partial charge in [0.05, 0.1) is 4.90 Å². The Balaban J connectivity index is 2.24. The van der Waals surface area contributed by atoms with Gasteiger partial charge in [0.1, 0.15) is 5.82 Å². The lowest BCUT2D eigenvalue weighted by molar-refractivity contribution is 0.601. The number of pyridine rings is 1. The number of aromatic nitrogens is 1. The van der Waals surface area contributed by atoms with E-state index in [1.165, 1.54) is 18.3 Å². The van der Waals surface area contributed by atoms with E-state index in [2.05, 4.69) is 25.6 Å². The maximum Gasteiger partial charge on any atom is 0.263 e. The number of halogens is 2. The lowest BCUT2D eigenvalue weighted by atomic mass is 10.2. The second-order valence-corrected chi connectivity index (χ2v) is 6.61. The zero-order valence-corrected chi connectivity index (χ0v) is 12.8. The minimum absolute atomic E-state index is 0.172. The number of hydrogen-bond acceptors (Lipinski definition) is 3. The SMILES string of the molecule is O=S(=O)(Nc1ccc(Br)cn1)c1ccc(CCl)cc1. The Bertz CT molecular complexity index is 657. The van der Waals surface area contributed by atoms with Crippen molar-refractivity contribution in [2.75, 3.05) is 4.72 Å². The fraction of sp³-hybridized carbons (Fsp3) is 0.0833. The molecule has 0 saturated carbocycles. The van der Waals surface area contributed by atoms with E-state index >= 15 is 0 Å². The van der Waals surface area contributed by atoms with Gasteiger partial charge in [-0.3, -0.25) is 4.72 Å². The Morgan fingerprint density at radius 1 is 1.16 bits per heavy atom. The molecule has 0 unspecified atom stereocenters. The number of nitrogens with zero attached hydrogens (tertiary/aromatic N) is 1. The van der Waals surface area contributed by atoms with Crippen LogP contribution in [0.2, 0.25) is 0 Å². The summed E-state index contributed by atoms with van der Waals surface area (Å²) >= 11 is 8.89. The van der Waals surface area contributed by atoms with Gasteiger partial charge in [-0.2, -0.15) is 0 Å². The average Bonchev–Trinajstić information content (AvgIpc) is 2.41. The third-order valence-electron chi connectivity index (χ3n) is 2.35. The summed E-state index contributed by atoms with van der Waals surface area (Å²) < 4.78 is 27.4. The van der Waals surface area contributed by atoms with E-state index in [1.807, 2.05) is 0 Å². The summed E-state index contributed by atoms with van der Waals surface area (Å²) in [5.41, 5.74) is 0.863. The first-order valence-corrected chi connectivity index (χ1v) is 8.11. The number of anilines is 1. The second kappa shape index (κ2) is 5.90. The van der Waals surface area contributed by atoms with Gasteiger partial charge in [0.25, 0.3) is 10.0 Å². The van der Waals surface area contributed by atoms with Gasteiger partial charge in [-0.25, -0.2) is 13.4 Å². The van der Waals surface area contributed by atoms with Crippen molar-refractivity contribution in [2.24, 2.45) is 0 Å². The highest BCUT2D eigenvalue weighted by Crippen LogP contribution is 2.17. The van der Waals surface area contributed by atoms with Gasteiger partial charge in [-0.1, -0.05) is 12.1 Å². The summed E-state index contributed by atoms with van der Waals surface area (Å²) in [6.07, 6.45) is 1.52. The number of benzene rings is 1. The van der Waals surface area contributed by atoms with Crippen molar-refractivity contribution in [3.8, 4) is 0 Å². The summed E-state index contributed by atoms with van der Waals surface area (Å²) in [5.74, 6) is 0.617. The Hall–Kier alpha value is -1.11. The van der Waals surface area contributed by atoms with E-state index < -0.39 is 10.0 Å². The number of sulfonamides is 1. The highest BCUT2D eigenvalue weighted by atomic mass is 79.9. The number of rotatable bonds is 4.